The molecule has 0 aliphatic rings. The maximum Gasteiger partial charge on any atom is 0.160 e. The minimum Gasteiger partial charge on any atom is -0.314 e. The second kappa shape index (κ2) is 5.38. The SMILES string of the molecule is CNCc1ccnc(-c2ccc(C)cc2Br)n1. The molecule has 0 bridgehead atoms. The Labute approximate surface area is 109 Å². The lowest BCUT2D eigenvalue weighted by atomic mass is 10.1. The van der Waals surface area contributed by atoms with Gasteiger partial charge in [-0.2, -0.15) is 0 Å². The summed E-state index contributed by atoms with van der Waals surface area (Å²) in [5.74, 6) is 0.754. The van der Waals surface area contributed by atoms with Gasteiger partial charge in [-0.3, -0.25) is 0 Å². The van der Waals surface area contributed by atoms with Crippen LogP contribution < -0.4 is 5.32 Å². The Morgan fingerprint density at radius 1 is 1.29 bits per heavy atom. The lowest BCUT2D eigenvalue weighted by Crippen LogP contribution is -2.07. The lowest BCUT2D eigenvalue weighted by Gasteiger charge is -2.06. The number of nitrogens with one attached hydrogen (secondary N) is 1. The fraction of sp³-hybridized carbons (Fsp3) is 0.231. The average Bonchev–Trinajstić information content (AvgIpc) is 2.29. The van der Waals surface area contributed by atoms with Gasteiger partial charge in [-0.25, -0.2) is 9.97 Å². The maximum atomic E-state index is 4.52. The van der Waals surface area contributed by atoms with Crippen molar-refractivity contribution in [3.8, 4) is 11.4 Å². The summed E-state index contributed by atoms with van der Waals surface area (Å²) in [6.45, 7) is 2.81. The first-order valence-corrected chi connectivity index (χ1v) is 6.23. The van der Waals surface area contributed by atoms with Gasteiger partial charge in [0.2, 0.25) is 0 Å². The summed E-state index contributed by atoms with van der Waals surface area (Å²) in [6, 6.07) is 8.09. The van der Waals surface area contributed by atoms with Gasteiger partial charge in [0.25, 0.3) is 0 Å². The minimum atomic E-state index is 0.749. The predicted octanol–water partition coefficient (Wildman–Crippen LogP) is 2.93. The number of halogens is 1. The van der Waals surface area contributed by atoms with Gasteiger partial charge in [-0.15, -0.1) is 0 Å². The third-order valence-electron chi connectivity index (χ3n) is 2.44. The van der Waals surface area contributed by atoms with Gasteiger partial charge < -0.3 is 5.32 Å². The summed E-state index contributed by atoms with van der Waals surface area (Å²) in [5, 5.41) is 3.08. The fourth-order valence-corrected chi connectivity index (χ4v) is 2.28. The quantitative estimate of drug-likeness (QED) is 0.945. The smallest absolute Gasteiger partial charge is 0.160 e. The number of rotatable bonds is 3. The van der Waals surface area contributed by atoms with E-state index in [4.69, 9.17) is 0 Å². The molecule has 1 aromatic heterocycles. The van der Waals surface area contributed by atoms with Gasteiger partial charge in [0.1, 0.15) is 0 Å². The molecule has 0 saturated carbocycles. The van der Waals surface area contributed by atoms with Crippen LogP contribution in [0.1, 0.15) is 11.3 Å². The molecule has 0 radical (unpaired) electrons. The predicted molar refractivity (Wildman–Crippen MR) is 72.7 cm³/mol. The van der Waals surface area contributed by atoms with Crippen LogP contribution in [-0.4, -0.2) is 17.0 Å². The Hall–Kier alpha value is -1.26. The molecular formula is C13H14BrN3. The van der Waals surface area contributed by atoms with Crippen LogP contribution in [0.25, 0.3) is 11.4 Å². The van der Waals surface area contributed by atoms with Crippen LogP contribution in [0.15, 0.2) is 34.9 Å². The van der Waals surface area contributed by atoms with Crippen LogP contribution in [0.4, 0.5) is 0 Å². The van der Waals surface area contributed by atoms with E-state index in [1.54, 1.807) is 6.20 Å². The van der Waals surface area contributed by atoms with Crippen molar-refractivity contribution in [1.82, 2.24) is 15.3 Å². The highest BCUT2D eigenvalue weighted by molar-refractivity contribution is 9.10. The van der Waals surface area contributed by atoms with Gasteiger partial charge in [-0.1, -0.05) is 22.0 Å². The molecule has 1 heterocycles. The molecule has 0 atom stereocenters. The molecule has 0 amide bonds. The monoisotopic (exact) mass is 291 g/mol. The molecule has 0 saturated heterocycles. The molecule has 0 spiro atoms. The van der Waals surface area contributed by atoms with Crippen molar-refractivity contribution in [2.75, 3.05) is 7.05 Å². The van der Waals surface area contributed by atoms with Crippen LogP contribution in [0.2, 0.25) is 0 Å². The number of nitrogens with zero attached hydrogens (tertiary/aromatic N) is 2. The minimum absolute atomic E-state index is 0.749. The molecule has 17 heavy (non-hydrogen) atoms. The third-order valence-corrected chi connectivity index (χ3v) is 3.09. The highest BCUT2D eigenvalue weighted by Gasteiger charge is 2.06. The van der Waals surface area contributed by atoms with Crippen molar-refractivity contribution in [1.29, 1.82) is 0 Å². The van der Waals surface area contributed by atoms with E-state index < -0.39 is 0 Å². The van der Waals surface area contributed by atoms with E-state index in [0.717, 1.165) is 28.1 Å². The number of benzene rings is 1. The number of aromatic nitrogens is 2. The molecule has 0 aliphatic heterocycles. The molecule has 0 fully saturated rings. The van der Waals surface area contributed by atoms with E-state index in [-0.39, 0.29) is 0 Å². The summed E-state index contributed by atoms with van der Waals surface area (Å²) < 4.78 is 1.03. The zero-order valence-electron chi connectivity index (χ0n) is 9.87. The largest absolute Gasteiger partial charge is 0.314 e. The fourth-order valence-electron chi connectivity index (χ4n) is 1.61. The maximum absolute atomic E-state index is 4.52. The summed E-state index contributed by atoms with van der Waals surface area (Å²) in [5.41, 5.74) is 3.23. The summed E-state index contributed by atoms with van der Waals surface area (Å²) >= 11 is 3.55. The van der Waals surface area contributed by atoms with Crippen LogP contribution in [0.5, 0.6) is 0 Å². The van der Waals surface area contributed by atoms with Gasteiger partial charge in [0, 0.05) is 22.8 Å². The summed E-state index contributed by atoms with van der Waals surface area (Å²) in [4.78, 5) is 8.83. The third kappa shape index (κ3) is 2.90. The van der Waals surface area contributed by atoms with E-state index in [1.165, 1.54) is 5.56 Å². The van der Waals surface area contributed by atoms with Crippen molar-refractivity contribution in [2.45, 2.75) is 13.5 Å². The second-order valence-electron chi connectivity index (χ2n) is 3.89. The molecule has 0 unspecified atom stereocenters. The Morgan fingerprint density at radius 2 is 2.12 bits per heavy atom. The summed E-state index contributed by atoms with van der Waals surface area (Å²) in [6.07, 6.45) is 1.79. The average molecular weight is 292 g/mol. The van der Waals surface area contributed by atoms with E-state index in [2.05, 4.69) is 50.3 Å². The molecule has 4 heteroatoms. The highest BCUT2D eigenvalue weighted by atomic mass is 79.9. The topological polar surface area (TPSA) is 37.8 Å². The summed E-state index contributed by atoms with van der Waals surface area (Å²) in [7, 11) is 1.91. The Kier molecular flexibility index (Phi) is 3.86. The molecule has 2 aromatic rings. The molecule has 1 aromatic carbocycles. The van der Waals surface area contributed by atoms with E-state index in [9.17, 15) is 0 Å². The van der Waals surface area contributed by atoms with Crippen molar-refractivity contribution >= 4 is 15.9 Å². The molecule has 0 aliphatic carbocycles. The van der Waals surface area contributed by atoms with Crippen molar-refractivity contribution in [2.24, 2.45) is 0 Å². The lowest BCUT2D eigenvalue weighted by molar-refractivity contribution is 0.787. The molecular weight excluding hydrogens is 278 g/mol. The number of hydrogen-bond acceptors (Lipinski definition) is 3. The molecule has 1 N–H and O–H groups in total. The van der Waals surface area contributed by atoms with Crippen LogP contribution in [0.3, 0.4) is 0 Å². The van der Waals surface area contributed by atoms with Crippen LogP contribution >= 0.6 is 15.9 Å². The van der Waals surface area contributed by atoms with E-state index >= 15 is 0 Å². The van der Waals surface area contributed by atoms with Crippen molar-refractivity contribution in [3.63, 3.8) is 0 Å². The standard InChI is InChI=1S/C13H14BrN3/c1-9-3-4-11(12(14)7-9)13-16-6-5-10(17-13)8-15-2/h3-7,15H,8H2,1-2H3. The zero-order chi connectivity index (χ0) is 12.3. The normalized spacial score (nSPS) is 10.5. The van der Waals surface area contributed by atoms with Crippen molar-refractivity contribution < 1.29 is 0 Å². The first-order chi connectivity index (χ1) is 8.20. The molecule has 88 valence electrons. The first kappa shape index (κ1) is 12.2. The zero-order valence-corrected chi connectivity index (χ0v) is 11.5. The van der Waals surface area contributed by atoms with E-state index in [0.29, 0.717) is 0 Å². The number of aryl methyl sites for hydroxylation is 1. The first-order valence-electron chi connectivity index (χ1n) is 5.44. The molecule has 2 rings (SSSR count). The Morgan fingerprint density at radius 3 is 2.82 bits per heavy atom. The molecule has 3 nitrogen and oxygen atoms in total. The van der Waals surface area contributed by atoms with Crippen molar-refractivity contribution in [3.05, 3.63) is 46.2 Å². The van der Waals surface area contributed by atoms with Gasteiger partial charge in [-0.05, 0) is 37.7 Å². The van der Waals surface area contributed by atoms with Gasteiger partial charge >= 0.3 is 0 Å². The van der Waals surface area contributed by atoms with E-state index in [1.807, 2.05) is 19.2 Å². The second-order valence-corrected chi connectivity index (χ2v) is 4.74. The highest BCUT2D eigenvalue weighted by Crippen LogP contribution is 2.26. The Bertz CT molecular complexity index is 526. The number of hydrogen-bond donors (Lipinski definition) is 1. The van der Waals surface area contributed by atoms with Gasteiger partial charge in [0.15, 0.2) is 5.82 Å². The van der Waals surface area contributed by atoms with Crippen LogP contribution in [0, 0.1) is 6.92 Å². The van der Waals surface area contributed by atoms with Crippen LogP contribution in [-0.2, 0) is 6.54 Å². The Balaban J connectivity index is 2.42. The van der Waals surface area contributed by atoms with Gasteiger partial charge in [0.05, 0.1) is 5.69 Å².